The fourth-order valence-electron chi connectivity index (χ4n) is 0.712. The highest BCUT2D eigenvalue weighted by Crippen LogP contribution is 2.05. The lowest BCUT2D eigenvalue weighted by atomic mass is 10.1. The van der Waals surface area contributed by atoms with Crippen LogP contribution in [0.2, 0.25) is 0 Å². The number of hydrogen-bond donors (Lipinski definition) is 2. The first-order valence-electron chi connectivity index (χ1n) is 2.74. The van der Waals surface area contributed by atoms with Gasteiger partial charge in [-0.3, -0.25) is 0 Å². The van der Waals surface area contributed by atoms with Crippen molar-refractivity contribution >= 4 is 0 Å². The molecule has 0 aromatic heterocycles. The van der Waals surface area contributed by atoms with E-state index in [1.54, 1.807) is 0 Å². The Labute approximate surface area is 47.9 Å². The fourth-order valence-corrected chi connectivity index (χ4v) is 0.712. The van der Waals surface area contributed by atoms with Gasteiger partial charge in [-0.25, -0.2) is 0 Å². The molecule has 8 heavy (non-hydrogen) atoms. The van der Waals surface area contributed by atoms with Crippen LogP contribution < -0.4 is 0 Å². The van der Waals surface area contributed by atoms with E-state index in [2.05, 4.69) is 0 Å². The van der Waals surface area contributed by atoms with E-state index in [9.17, 15) is 0 Å². The summed E-state index contributed by atoms with van der Waals surface area (Å²) in [5.41, 5.74) is 0. The van der Waals surface area contributed by atoms with Crippen molar-refractivity contribution in [3.05, 3.63) is 0 Å². The number of aliphatic hydroxyl groups excluding tert-OH is 2. The van der Waals surface area contributed by atoms with Crippen molar-refractivity contribution in [2.24, 2.45) is 0 Å². The zero-order chi connectivity index (χ0) is 5.98. The summed E-state index contributed by atoms with van der Waals surface area (Å²) >= 11 is 0. The summed E-state index contributed by atoms with van der Waals surface area (Å²) in [5.74, 6) is 0. The van der Waals surface area contributed by atoms with E-state index in [4.69, 9.17) is 14.9 Å². The van der Waals surface area contributed by atoms with Gasteiger partial charge in [-0.05, 0) is 6.42 Å². The second kappa shape index (κ2) is 2.44. The molecule has 0 radical (unpaired) electrons. The Morgan fingerprint density at radius 3 is 2.38 bits per heavy atom. The molecule has 3 heteroatoms. The van der Waals surface area contributed by atoms with Crippen LogP contribution in [0.4, 0.5) is 0 Å². The quantitative estimate of drug-likeness (QED) is 0.434. The van der Waals surface area contributed by atoms with Gasteiger partial charge in [0, 0.05) is 6.61 Å². The van der Waals surface area contributed by atoms with Gasteiger partial charge < -0.3 is 14.9 Å². The van der Waals surface area contributed by atoms with Crippen molar-refractivity contribution < 1.29 is 14.9 Å². The van der Waals surface area contributed by atoms with Crippen LogP contribution in [-0.4, -0.2) is 35.6 Å². The van der Waals surface area contributed by atoms with Crippen LogP contribution in [0, 0.1) is 0 Å². The Kier molecular flexibility index (Phi) is 1.83. The summed E-state index contributed by atoms with van der Waals surface area (Å²) in [4.78, 5) is 0. The molecule has 0 amide bonds. The Bertz CT molecular complexity index is 64.1. The van der Waals surface area contributed by atoms with Crippen LogP contribution in [0.1, 0.15) is 6.42 Å². The molecule has 0 spiro atoms. The molecule has 0 aromatic carbocycles. The van der Waals surface area contributed by atoms with Gasteiger partial charge in [0.1, 0.15) is 6.10 Å². The molecule has 1 aliphatic heterocycles. The van der Waals surface area contributed by atoms with Crippen molar-refractivity contribution in [2.45, 2.75) is 18.6 Å². The SMILES string of the molecule is OC1CCOC[C@H]1O. The molecule has 1 fully saturated rings. The number of hydrogen-bond acceptors (Lipinski definition) is 3. The minimum absolute atomic E-state index is 0.279. The average Bonchev–Trinajstić information content (AvgIpc) is 1.77. The lowest BCUT2D eigenvalue weighted by molar-refractivity contribution is -0.0852. The Hall–Kier alpha value is -0.120. The third-order valence-corrected chi connectivity index (χ3v) is 1.29. The van der Waals surface area contributed by atoms with E-state index in [1.807, 2.05) is 0 Å². The van der Waals surface area contributed by atoms with Gasteiger partial charge >= 0.3 is 0 Å². The van der Waals surface area contributed by atoms with E-state index >= 15 is 0 Å². The summed E-state index contributed by atoms with van der Waals surface area (Å²) in [6, 6.07) is 0. The molecule has 0 saturated carbocycles. The number of aliphatic hydroxyl groups is 2. The minimum atomic E-state index is -0.663. The molecule has 2 N–H and O–H groups in total. The first kappa shape index (κ1) is 6.01. The predicted molar refractivity (Wildman–Crippen MR) is 27.4 cm³/mol. The molecule has 0 bridgehead atoms. The molecule has 0 aliphatic carbocycles. The van der Waals surface area contributed by atoms with E-state index < -0.39 is 12.2 Å². The number of rotatable bonds is 0. The molecular weight excluding hydrogens is 108 g/mol. The molecule has 1 heterocycles. The van der Waals surface area contributed by atoms with Crippen LogP contribution >= 0.6 is 0 Å². The second-order valence-corrected chi connectivity index (χ2v) is 2.00. The standard InChI is InChI=1S/C5H10O3/c6-4-1-2-8-3-5(4)7/h4-7H,1-3H2/t4?,5-/m1/s1. The maximum Gasteiger partial charge on any atom is 0.103 e. The smallest absolute Gasteiger partial charge is 0.103 e. The molecule has 1 aliphatic rings. The molecule has 1 unspecified atom stereocenters. The van der Waals surface area contributed by atoms with Crippen LogP contribution in [-0.2, 0) is 4.74 Å². The van der Waals surface area contributed by atoms with E-state index in [1.165, 1.54) is 0 Å². The summed E-state index contributed by atoms with van der Waals surface area (Å²) in [7, 11) is 0. The van der Waals surface area contributed by atoms with Crippen LogP contribution in [0.15, 0.2) is 0 Å². The van der Waals surface area contributed by atoms with Crippen LogP contribution in [0.5, 0.6) is 0 Å². The lowest BCUT2D eigenvalue weighted by Crippen LogP contribution is -2.36. The summed E-state index contributed by atoms with van der Waals surface area (Å²) in [5, 5.41) is 17.7. The number of ether oxygens (including phenoxy) is 1. The molecule has 2 atom stereocenters. The first-order valence-corrected chi connectivity index (χ1v) is 2.74. The topological polar surface area (TPSA) is 49.7 Å². The lowest BCUT2D eigenvalue weighted by Gasteiger charge is -2.22. The molecule has 1 rings (SSSR count). The van der Waals surface area contributed by atoms with E-state index in [0.29, 0.717) is 13.0 Å². The van der Waals surface area contributed by atoms with Gasteiger partial charge in [0.15, 0.2) is 0 Å². The third kappa shape index (κ3) is 1.18. The molecule has 1 saturated heterocycles. The van der Waals surface area contributed by atoms with Gasteiger partial charge in [0.05, 0.1) is 12.7 Å². The first-order chi connectivity index (χ1) is 3.80. The second-order valence-electron chi connectivity index (χ2n) is 2.00. The van der Waals surface area contributed by atoms with Gasteiger partial charge in [-0.2, -0.15) is 0 Å². The molecule has 48 valence electrons. The molecular formula is C5H10O3. The maximum absolute atomic E-state index is 8.85. The highest BCUT2D eigenvalue weighted by molar-refractivity contribution is 4.69. The maximum atomic E-state index is 8.85. The monoisotopic (exact) mass is 118 g/mol. The van der Waals surface area contributed by atoms with Crippen molar-refractivity contribution in [3.8, 4) is 0 Å². The fraction of sp³-hybridized carbons (Fsp3) is 1.00. The zero-order valence-electron chi connectivity index (χ0n) is 4.58. The molecule has 3 nitrogen and oxygen atoms in total. The van der Waals surface area contributed by atoms with Gasteiger partial charge in [-0.15, -0.1) is 0 Å². The van der Waals surface area contributed by atoms with Crippen molar-refractivity contribution in [1.29, 1.82) is 0 Å². The van der Waals surface area contributed by atoms with Crippen molar-refractivity contribution in [1.82, 2.24) is 0 Å². The highest BCUT2D eigenvalue weighted by atomic mass is 16.5. The summed E-state index contributed by atoms with van der Waals surface area (Å²) < 4.78 is 4.84. The van der Waals surface area contributed by atoms with Crippen LogP contribution in [0.3, 0.4) is 0 Å². The van der Waals surface area contributed by atoms with Gasteiger partial charge in [0.25, 0.3) is 0 Å². The van der Waals surface area contributed by atoms with Crippen molar-refractivity contribution in [2.75, 3.05) is 13.2 Å². The van der Waals surface area contributed by atoms with E-state index in [-0.39, 0.29) is 6.61 Å². The average molecular weight is 118 g/mol. The predicted octanol–water partition coefficient (Wildman–Crippen LogP) is -0.872. The Morgan fingerprint density at radius 1 is 1.25 bits per heavy atom. The highest BCUT2D eigenvalue weighted by Gasteiger charge is 2.20. The normalized spacial score (nSPS) is 39.8. The largest absolute Gasteiger partial charge is 0.390 e. The third-order valence-electron chi connectivity index (χ3n) is 1.29. The molecule has 0 aromatic rings. The minimum Gasteiger partial charge on any atom is -0.390 e. The Morgan fingerprint density at radius 2 is 2.00 bits per heavy atom. The van der Waals surface area contributed by atoms with Gasteiger partial charge in [0.2, 0.25) is 0 Å². The van der Waals surface area contributed by atoms with E-state index in [0.717, 1.165) is 0 Å². The van der Waals surface area contributed by atoms with Crippen LogP contribution in [0.25, 0.3) is 0 Å². The summed E-state index contributed by atoms with van der Waals surface area (Å²) in [6.45, 7) is 0.847. The summed E-state index contributed by atoms with van der Waals surface area (Å²) in [6.07, 6.45) is -0.672. The van der Waals surface area contributed by atoms with Gasteiger partial charge in [-0.1, -0.05) is 0 Å². The Balaban J connectivity index is 2.28. The van der Waals surface area contributed by atoms with Crippen molar-refractivity contribution in [3.63, 3.8) is 0 Å². The zero-order valence-corrected chi connectivity index (χ0v) is 4.58.